The van der Waals surface area contributed by atoms with Crippen LogP contribution < -0.4 is 0 Å². The van der Waals surface area contributed by atoms with Crippen molar-refractivity contribution < 1.29 is 4.79 Å². The van der Waals surface area contributed by atoms with Crippen molar-refractivity contribution in [3.8, 4) is 0 Å². The van der Waals surface area contributed by atoms with Gasteiger partial charge in [0.25, 0.3) is 0 Å². The van der Waals surface area contributed by atoms with Crippen LogP contribution in [-0.4, -0.2) is 16.1 Å². The molecule has 11 heavy (non-hydrogen) atoms. The minimum absolute atomic E-state index is 0.635. The van der Waals surface area contributed by atoms with E-state index in [0.717, 1.165) is 24.8 Å². The molecule has 0 aliphatic rings. The van der Waals surface area contributed by atoms with Crippen LogP contribution in [0, 0.1) is 0 Å². The third kappa shape index (κ3) is 2.53. The van der Waals surface area contributed by atoms with Crippen molar-refractivity contribution in [3.05, 3.63) is 18.0 Å². The summed E-state index contributed by atoms with van der Waals surface area (Å²) in [6.07, 6.45) is 5.30. The molecule has 0 amide bonds. The summed E-state index contributed by atoms with van der Waals surface area (Å²) in [7, 11) is 1.89. The molecule has 0 aliphatic heterocycles. The summed E-state index contributed by atoms with van der Waals surface area (Å²) in [6.45, 7) is 0. The molecule has 3 nitrogen and oxygen atoms in total. The SMILES string of the molecule is Cn1ccc(CCCC=O)n1. The van der Waals surface area contributed by atoms with Crippen LogP contribution in [0.15, 0.2) is 12.3 Å². The van der Waals surface area contributed by atoms with E-state index in [-0.39, 0.29) is 0 Å². The number of aromatic nitrogens is 2. The first-order valence-corrected chi connectivity index (χ1v) is 3.75. The van der Waals surface area contributed by atoms with Crippen molar-refractivity contribution in [1.82, 2.24) is 9.78 Å². The van der Waals surface area contributed by atoms with Gasteiger partial charge in [-0.2, -0.15) is 5.10 Å². The van der Waals surface area contributed by atoms with E-state index in [2.05, 4.69) is 5.10 Å². The Morgan fingerprint density at radius 3 is 3.09 bits per heavy atom. The quantitative estimate of drug-likeness (QED) is 0.475. The molecular formula is C8H12N2O. The minimum Gasteiger partial charge on any atom is -0.303 e. The highest BCUT2D eigenvalue weighted by atomic mass is 16.1. The Balaban J connectivity index is 2.32. The molecule has 0 unspecified atom stereocenters. The molecule has 0 saturated heterocycles. The maximum Gasteiger partial charge on any atom is 0.120 e. The normalized spacial score (nSPS) is 9.91. The Morgan fingerprint density at radius 2 is 2.55 bits per heavy atom. The number of nitrogens with zero attached hydrogens (tertiary/aromatic N) is 2. The smallest absolute Gasteiger partial charge is 0.120 e. The lowest BCUT2D eigenvalue weighted by Crippen LogP contribution is -1.91. The molecule has 0 spiro atoms. The van der Waals surface area contributed by atoms with Gasteiger partial charge in [0.2, 0.25) is 0 Å². The number of carbonyl (C=O) groups is 1. The summed E-state index contributed by atoms with van der Waals surface area (Å²) < 4.78 is 1.77. The summed E-state index contributed by atoms with van der Waals surface area (Å²) in [4.78, 5) is 9.97. The van der Waals surface area contributed by atoms with Crippen LogP contribution in [0.2, 0.25) is 0 Å². The van der Waals surface area contributed by atoms with Gasteiger partial charge in [-0.1, -0.05) is 0 Å². The number of unbranched alkanes of at least 4 members (excludes halogenated alkanes) is 1. The van der Waals surface area contributed by atoms with Crippen molar-refractivity contribution in [2.75, 3.05) is 0 Å². The van der Waals surface area contributed by atoms with Gasteiger partial charge in [0.05, 0.1) is 5.69 Å². The Hall–Kier alpha value is -1.12. The first-order valence-electron chi connectivity index (χ1n) is 3.75. The second-order valence-corrected chi connectivity index (χ2v) is 2.54. The Labute approximate surface area is 66.0 Å². The van der Waals surface area contributed by atoms with Crippen LogP contribution in [0.1, 0.15) is 18.5 Å². The molecule has 3 heteroatoms. The lowest BCUT2D eigenvalue weighted by molar-refractivity contribution is -0.107. The predicted molar refractivity (Wildman–Crippen MR) is 42.2 cm³/mol. The molecule has 0 atom stereocenters. The Kier molecular flexibility index (Phi) is 2.83. The molecule has 0 bridgehead atoms. The number of hydrogen-bond acceptors (Lipinski definition) is 2. The zero-order chi connectivity index (χ0) is 8.10. The summed E-state index contributed by atoms with van der Waals surface area (Å²) in [6, 6.07) is 1.98. The van der Waals surface area contributed by atoms with Gasteiger partial charge < -0.3 is 4.79 Å². The van der Waals surface area contributed by atoms with Crippen molar-refractivity contribution >= 4 is 6.29 Å². The van der Waals surface area contributed by atoms with Gasteiger partial charge in [0, 0.05) is 19.7 Å². The maximum absolute atomic E-state index is 9.97. The van der Waals surface area contributed by atoms with Gasteiger partial charge in [-0.25, -0.2) is 0 Å². The van der Waals surface area contributed by atoms with Crippen LogP contribution in [0.3, 0.4) is 0 Å². The first-order chi connectivity index (χ1) is 5.33. The van der Waals surface area contributed by atoms with E-state index in [4.69, 9.17) is 0 Å². The van der Waals surface area contributed by atoms with Crippen molar-refractivity contribution in [2.24, 2.45) is 7.05 Å². The summed E-state index contributed by atoms with van der Waals surface area (Å²) in [5.74, 6) is 0. The fourth-order valence-electron chi connectivity index (χ4n) is 0.963. The fraction of sp³-hybridized carbons (Fsp3) is 0.500. The zero-order valence-corrected chi connectivity index (χ0v) is 6.66. The van der Waals surface area contributed by atoms with Gasteiger partial charge in [-0.3, -0.25) is 4.68 Å². The highest BCUT2D eigenvalue weighted by Crippen LogP contribution is 1.99. The number of carbonyl (C=O) groups excluding carboxylic acids is 1. The average molecular weight is 152 g/mol. The van der Waals surface area contributed by atoms with E-state index >= 15 is 0 Å². The third-order valence-corrected chi connectivity index (χ3v) is 1.52. The average Bonchev–Trinajstić information content (AvgIpc) is 2.37. The van der Waals surface area contributed by atoms with Crippen LogP contribution in [0.4, 0.5) is 0 Å². The van der Waals surface area contributed by atoms with Gasteiger partial charge in [0.15, 0.2) is 0 Å². The highest BCUT2D eigenvalue weighted by Gasteiger charge is 1.94. The highest BCUT2D eigenvalue weighted by molar-refractivity contribution is 5.49. The monoisotopic (exact) mass is 152 g/mol. The molecule has 0 fully saturated rings. The number of rotatable bonds is 4. The van der Waals surface area contributed by atoms with Crippen molar-refractivity contribution in [1.29, 1.82) is 0 Å². The third-order valence-electron chi connectivity index (χ3n) is 1.52. The molecule has 1 heterocycles. The number of aldehydes is 1. The van der Waals surface area contributed by atoms with E-state index < -0.39 is 0 Å². The molecule has 1 aromatic rings. The lowest BCUT2D eigenvalue weighted by Gasteiger charge is -1.90. The Bertz CT molecular complexity index is 230. The van der Waals surface area contributed by atoms with E-state index in [1.807, 2.05) is 19.3 Å². The Morgan fingerprint density at radius 1 is 1.73 bits per heavy atom. The van der Waals surface area contributed by atoms with Gasteiger partial charge in [-0.15, -0.1) is 0 Å². The van der Waals surface area contributed by atoms with Gasteiger partial charge >= 0.3 is 0 Å². The maximum atomic E-state index is 9.97. The number of aryl methyl sites for hydroxylation is 2. The molecule has 1 aromatic heterocycles. The van der Waals surface area contributed by atoms with Gasteiger partial charge in [-0.05, 0) is 18.9 Å². The first kappa shape index (κ1) is 7.98. The summed E-state index contributed by atoms with van der Waals surface area (Å²) >= 11 is 0. The lowest BCUT2D eigenvalue weighted by atomic mass is 10.2. The van der Waals surface area contributed by atoms with E-state index in [1.54, 1.807) is 4.68 Å². The summed E-state index contributed by atoms with van der Waals surface area (Å²) in [5, 5.41) is 4.18. The van der Waals surface area contributed by atoms with Crippen LogP contribution in [0.5, 0.6) is 0 Å². The molecule has 1 rings (SSSR count). The second kappa shape index (κ2) is 3.91. The molecule has 0 radical (unpaired) electrons. The summed E-state index contributed by atoms with van der Waals surface area (Å²) in [5.41, 5.74) is 1.06. The second-order valence-electron chi connectivity index (χ2n) is 2.54. The fourth-order valence-corrected chi connectivity index (χ4v) is 0.963. The van der Waals surface area contributed by atoms with Crippen molar-refractivity contribution in [3.63, 3.8) is 0 Å². The molecule has 0 N–H and O–H groups in total. The van der Waals surface area contributed by atoms with E-state index in [0.29, 0.717) is 6.42 Å². The molecule has 0 aliphatic carbocycles. The predicted octanol–water partition coefficient (Wildman–Crippen LogP) is 0.942. The van der Waals surface area contributed by atoms with Crippen LogP contribution in [0.25, 0.3) is 0 Å². The topological polar surface area (TPSA) is 34.9 Å². The molecular weight excluding hydrogens is 140 g/mol. The number of hydrogen-bond donors (Lipinski definition) is 0. The standard InChI is InChI=1S/C8H12N2O/c1-10-6-5-8(9-10)4-2-3-7-11/h5-7H,2-4H2,1H3. The molecule has 0 aromatic carbocycles. The minimum atomic E-state index is 0.635. The van der Waals surface area contributed by atoms with Gasteiger partial charge in [0.1, 0.15) is 6.29 Å². The van der Waals surface area contributed by atoms with Crippen molar-refractivity contribution in [2.45, 2.75) is 19.3 Å². The van der Waals surface area contributed by atoms with E-state index in [1.165, 1.54) is 0 Å². The molecule has 0 saturated carbocycles. The van der Waals surface area contributed by atoms with Crippen LogP contribution in [-0.2, 0) is 18.3 Å². The zero-order valence-electron chi connectivity index (χ0n) is 6.66. The molecule has 60 valence electrons. The van der Waals surface area contributed by atoms with E-state index in [9.17, 15) is 4.79 Å². The van der Waals surface area contributed by atoms with Crippen LogP contribution >= 0.6 is 0 Å². The largest absolute Gasteiger partial charge is 0.303 e.